The topological polar surface area (TPSA) is 187 Å². The van der Waals surface area contributed by atoms with Crippen LogP contribution in [0.15, 0.2) is 61.1 Å². The zero-order chi connectivity index (χ0) is 48.9. The van der Waals surface area contributed by atoms with Crippen LogP contribution in [0.25, 0.3) is 11.0 Å². The van der Waals surface area contributed by atoms with Gasteiger partial charge in [0, 0.05) is 87.0 Å². The molecule has 6 heterocycles. The number of unbranched alkanes of at least 4 members (excludes halogenated alkanes) is 4. The fourth-order valence-electron chi connectivity index (χ4n) is 10.4. The Morgan fingerprint density at radius 3 is 2.40 bits per heavy atom. The second-order valence-corrected chi connectivity index (χ2v) is 22.7. The van der Waals surface area contributed by atoms with Crippen molar-refractivity contribution >= 4 is 81.6 Å². The SMILES string of the molecule is COc1cc(N2CCC(N3CCN(CCCCCCCOc4cccc5c4CN(C4CCC(=O)NC4=O)C5=O)CC3)CC2)c(C)cc1Nc1ncc(Cl)c(Nc2ccc3nccnc3c2P(C)(C)=O)n1. The summed E-state index contributed by atoms with van der Waals surface area (Å²) in [5.41, 5.74) is 6.24. The normalized spacial score (nSPS) is 18.3. The Morgan fingerprint density at radius 2 is 1.63 bits per heavy atom. The summed E-state index contributed by atoms with van der Waals surface area (Å²) in [4.78, 5) is 64.7. The highest BCUT2D eigenvalue weighted by Crippen LogP contribution is 2.42. The molecule has 3 N–H and O–H groups in total. The molecule has 1 unspecified atom stereocenters. The van der Waals surface area contributed by atoms with Crippen LogP contribution < -0.4 is 35.6 Å². The molecule has 19 heteroatoms. The first-order valence-electron chi connectivity index (χ1n) is 24.5. The van der Waals surface area contributed by atoms with Crippen LogP contribution in [0, 0.1) is 6.92 Å². The van der Waals surface area contributed by atoms with Crippen LogP contribution in [0.5, 0.6) is 11.5 Å². The molecule has 0 spiro atoms. The second-order valence-electron chi connectivity index (χ2n) is 19.1. The van der Waals surface area contributed by atoms with Gasteiger partial charge in [0.1, 0.15) is 35.2 Å². The van der Waals surface area contributed by atoms with Gasteiger partial charge in [-0.05, 0) is 94.8 Å². The van der Waals surface area contributed by atoms with E-state index in [9.17, 15) is 18.9 Å². The number of carbonyl (C=O) groups excluding carboxylic acids is 3. The second kappa shape index (κ2) is 21.6. The van der Waals surface area contributed by atoms with Crippen LogP contribution >= 0.6 is 18.7 Å². The molecule has 4 aliphatic heterocycles. The number of imide groups is 1. The molecule has 4 aliphatic rings. The van der Waals surface area contributed by atoms with E-state index in [-0.39, 0.29) is 18.2 Å². The lowest BCUT2D eigenvalue weighted by atomic mass is 10.00. The van der Waals surface area contributed by atoms with Crippen molar-refractivity contribution in [3.05, 3.63) is 82.8 Å². The molecule has 70 heavy (non-hydrogen) atoms. The van der Waals surface area contributed by atoms with Crippen LogP contribution in [0.3, 0.4) is 0 Å². The average Bonchev–Trinajstić information content (AvgIpc) is 3.69. The predicted molar refractivity (Wildman–Crippen MR) is 274 cm³/mol. The number of amides is 3. The first-order valence-corrected chi connectivity index (χ1v) is 27.5. The van der Waals surface area contributed by atoms with Gasteiger partial charge in [-0.2, -0.15) is 4.98 Å². The molecule has 0 bridgehead atoms. The summed E-state index contributed by atoms with van der Waals surface area (Å²) in [6, 6.07) is 13.3. The van der Waals surface area contributed by atoms with E-state index in [2.05, 4.69) is 64.7 Å². The number of carbonyl (C=O) groups is 3. The number of hydrogen-bond donors (Lipinski definition) is 3. The van der Waals surface area contributed by atoms with E-state index < -0.39 is 19.1 Å². The summed E-state index contributed by atoms with van der Waals surface area (Å²) in [6.07, 6.45) is 13.1. The van der Waals surface area contributed by atoms with Gasteiger partial charge in [0.2, 0.25) is 17.8 Å². The molecule has 0 saturated carbocycles. The lowest BCUT2D eigenvalue weighted by Gasteiger charge is -2.43. The third-order valence-corrected chi connectivity index (χ3v) is 15.9. The molecule has 3 aromatic carbocycles. The quantitative estimate of drug-likeness (QED) is 0.0445. The fraction of sp³-hybridized carbons (Fsp3) is 0.471. The maximum atomic E-state index is 13.5. The molecular weight excluding hydrogens is 929 g/mol. The van der Waals surface area contributed by atoms with Crippen LogP contribution in [0.2, 0.25) is 5.02 Å². The number of benzene rings is 3. The van der Waals surface area contributed by atoms with Gasteiger partial charge in [-0.3, -0.25) is 34.6 Å². The number of methoxy groups -OCH3 is 1. The van der Waals surface area contributed by atoms with Gasteiger partial charge in [-0.25, -0.2) is 4.98 Å². The molecule has 0 aliphatic carbocycles. The fourth-order valence-corrected chi connectivity index (χ4v) is 11.9. The van der Waals surface area contributed by atoms with E-state index in [0.717, 1.165) is 100 Å². The van der Waals surface area contributed by atoms with E-state index in [1.165, 1.54) is 19.0 Å². The van der Waals surface area contributed by atoms with Crippen LogP contribution in [0.1, 0.15) is 79.3 Å². The Bertz CT molecular complexity index is 2790. The Hall–Kier alpha value is -5.87. The van der Waals surface area contributed by atoms with Crippen molar-refractivity contribution in [3.63, 3.8) is 0 Å². The first-order chi connectivity index (χ1) is 33.8. The summed E-state index contributed by atoms with van der Waals surface area (Å²) in [5, 5.41) is 9.89. The van der Waals surface area contributed by atoms with Gasteiger partial charge in [0.25, 0.3) is 5.91 Å². The largest absolute Gasteiger partial charge is 0.494 e. The van der Waals surface area contributed by atoms with Gasteiger partial charge in [-0.15, -0.1) is 0 Å². The van der Waals surface area contributed by atoms with E-state index in [1.807, 2.05) is 24.3 Å². The number of anilines is 5. The smallest absolute Gasteiger partial charge is 0.255 e. The summed E-state index contributed by atoms with van der Waals surface area (Å²) in [6.45, 7) is 14.0. The molecule has 17 nitrogen and oxygen atoms in total. The number of rotatable bonds is 18. The summed E-state index contributed by atoms with van der Waals surface area (Å²) in [7, 11) is -1.13. The van der Waals surface area contributed by atoms with E-state index in [1.54, 1.807) is 43.8 Å². The molecule has 1 atom stereocenters. The van der Waals surface area contributed by atoms with Gasteiger partial charge < -0.3 is 39.4 Å². The maximum Gasteiger partial charge on any atom is 0.255 e. The van der Waals surface area contributed by atoms with Crippen LogP contribution in [-0.2, 0) is 20.7 Å². The number of piperazine rings is 1. The highest BCUT2D eigenvalue weighted by Gasteiger charge is 2.40. The van der Waals surface area contributed by atoms with Gasteiger partial charge >= 0.3 is 0 Å². The van der Waals surface area contributed by atoms with E-state index >= 15 is 0 Å². The molecular formula is C51H63ClN11O6P. The molecule has 9 rings (SSSR count). The van der Waals surface area contributed by atoms with Crippen molar-refractivity contribution in [1.29, 1.82) is 0 Å². The standard InChI is InChI=1S/C51H63ClN11O6P/c1-33-29-40(57-51-55-31-37(52)48(59-51)56-39-14-13-38-46(54-20-19-53-38)47(39)70(3,4)67)44(68-2)30-42(33)62-22-17-34(18-23-62)61-26-24-60(25-27-61)21-8-6-5-7-9-28-69-43-12-10-11-35-36(43)32-63(50(35)66)41-15-16-45(64)58-49(41)65/h10-14,19-20,29-31,34,41H,5-9,15-18,21-28,32H2,1-4H3,(H,58,64,65)(H2,55,56,57,59). The minimum atomic E-state index is -2.80. The Balaban J connectivity index is 0.691. The van der Waals surface area contributed by atoms with Crippen LogP contribution in [0.4, 0.5) is 28.8 Å². The van der Waals surface area contributed by atoms with E-state index in [4.69, 9.17) is 26.1 Å². The first kappa shape index (κ1) is 49.1. The van der Waals surface area contributed by atoms with Crippen molar-refractivity contribution in [3.8, 4) is 11.5 Å². The molecule has 3 amide bonds. The van der Waals surface area contributed by atoms with Crippen LogP contribution in [-0.4, -0.2) is 137 Å². The lowest BCUT2D eigenvalue weighted by Crippen LogP contribution is -2.53. The van der Waals surface area contributed by atoms with Crippen molar-refractivity contribution in [2.75, 3.05) is 88.4 Å². The summed E-state index contributed by atoms with van der Waals surface area (Å²) >= 11 is 6.61. The number of aromatic nitrogens is 4. The Morgan fingerprint density at radius 1 is 0.857 bits per heavy atom. The number of fused-ring (bicyclic) bond motifs is 2. The molecule has 3 fully saturated rings. The minimum absolute atomic E-state index is 0.181. The predicted octanol–water partition coefficient (Wildman–Crippen LogP) is 7.50. The number of nitrogens with one attached hydrogen (secondary N) is 3. The molecule has 370 valence electrons. The number of ether oxygens (including phenoxy) is 2. The number of aryl methyl sites for hydroxylation is 1. The van der Waals surface area contributed by atoms with Crippen molar-refractivity contribution in [1.82, 2.24) is 40.0 Å². The molecule has 5 aromatic rings. The number of piperidine rings is 2. The van der Waals surface area contributed by atoms with Gasteiger partial charge in [0.15, 0.2) is 5.82 Å². The Labute approximate surface area is 414 Å². The number of nitrogens with zero attached hydrogens (tertiary/aromatic N) is 8. The van der Waals surface area contributed by atoms with Gasteiger partial charge in [-0.1, -0.05) is 36.9 Å². The van der Waals surface area contributed by atoms with Gasteiger partial charge in [0.05, 0.1) is 48.7 Å². The summed E-state index contributed by atoms with van der Waals surface area (Å²) in [5.74, 6) is 1.20. The van der Waals surface area contributed by atoms with Crippen molar-refractivity contribution in [2.24, 2.45) is 0 Å². The lowest BCUT2D eigenvalue weighted by molar-refractivity contribution is -0.136. The minimum Gasteiger partial charge on any atom is -0.494 e. The average molecular weight is 993 g/mol. The number of halogens is 1. The molecule has 3 saturated heterocycles. The highest BCUT2D eigenvalue weighted by molar-refractivity contribution is 7.71. The third kappa shape index (κ3) is 11.0. The monoisotopic (exact) mass is 991 g/mol. The molecule has 2 aromatic heterocycles. The van der Waals surface area contributed by atoms with E-state index in [0.29, 0.717) is 81.5 Å². The summed E-state index contributed by atoms with van der Waals surface area (Å²) < 4.78 is 25.6. The highest BCUT2D eigenvalue weighted by atomic mass is 35.5. The maximum absolute atomic E-state index is 13.5. The molecule has 0 radical (unpaired) electrons. The third-order valence-electron chi connectivity index (χ3n) is 14.1. The zero-order valence-electron chi connectivity index (χ0n) is 40.5. The zero-order valence-corrected chi connectivity index (χ0v) is 42.2. The van der Waals surface area contributed by atoms with Crippen molar-refractivity contribution < 1.29 is 28.4 Å². The Kier molecular flexibility index (Phi) is 15.2. The number of hydrogen-bond acceptors (Lipinski definition) is 15. The van der Waals surface area contributed by atoms with Crippen molar-refractivity contribution in [2.45, 2.75) is 83.3 Å².